The van der Waals surface area contributed by atoms with Crippen molar-refractivity contribution in [2.24, 2.45) is 0 Å². The van der Waals surface area contributed by atoms with Crippen molar-refractivity contribution in [3.63, 3.8) is 0 Å². The minimum atomic E-state index is -1.19. The first-order chi connectivity index (χ1) is 16.9. The third-order valence-electron chi connectivity index (χ3n) is 6.85. The Morgan fingerprint density at radius 1 is 1.28 bits per heavy atom. The summed E-state index contributed by atoms with van der Waals surface area (Å²) in [6.45, 7) is 5.60. The van der Waals surface area contributed by atoms with Crippen LogP contribution in [0.4, 0.5) is 4.39 Å². The molecule has 2 amide bonds. The van der Waals surface area contributed by atoms with Crippen molar-refractivity contribution in [1.82, 2.24) is 15.5 Å². The van der Waals surface area contributed by atoms with Crippen molar-refractivity contribution in [3.8, 4) is 0 Å². The van der Waals surface area contributed by atoms with Crippen molar-refractivity contribution in [3.05, 3.63) is 70.5 Å². The number of benzene rings is 2. The summed E-state index contributed by atoms with van der Waals surface area (Å²) < 4.78 is 20.0. The lowest BCUT2D eigenvalue weighted by atomic mass is 9.93. The summed E-state index contributed by atoms with van der Waals surface area (Å²) in [4.78, 5) is 27.6. The van der Waals surface area contributed by atoms with E-state index >= 15 is 0 Å². The Kier molecular flexibility index (Phi) is 6.90. The molecule has 0 bridgehead atoms. The first-order valence-corrected chi connectivity index (χ1v) is 12.0. The number of ether oxygens (including phenoxy) is 1. The van der Waals surface area contributed by atoms with Crippen LogP contribution < -0.4 is 10.6 Å². The number of carbonyl (C=O) groups is 2. The predicted octanol–water partition coefficient (Wildman–Crippen LogP) is 3.22. The molecule has 3 atom stereocenters. The van der Waals surface area contributed by atoms with Gasteiger partial charge in [-0.25, -0.2) is 4.39 Å². The average molecular weight is 497 g/mol. The number of hydrogen-bond acceptors (Lipinski definition) is 5. The van der Waals surface area contributed by atoms with Crippen LogP contribution >= 0.6 is 0 Å². The minimum Gasteiger partial charge on any atom is -0.387 e. The van der Waals surface area contributed by atoms with Crippen LogP contribution in [-0.2, 0) is 16.0 Å². The summed E-state index contributed by atoms with van der Waals surface area (Å²) in [5.41, 5.74) is 0.464. The number of methoxy groups -OCH3 is 1. The van der Waals surface area contributed by atoms with Crippen LogP contribution in [0.3, 0.4) is 0 Å². The molecule has 1 aliphatic carbocycles. The van der Waals surface area contributed by atoms with Gasteiger partial charge in [0, 0.05) is 37.7 Å². The van der Waals surface area contributed by atoms with Crippen LogP contribution in [-0.4, -0.2) is 52.6 Å². The zero-order valence-electron chi connectivity index (χ0n) is 21.0. The van der Waals surface area contributed by atoms with Crippen LogP contribution in [0.2, 0.25) is 0 Å². The number of hydrogen-bond donors (Lipinski definition) is 4. The molecule has 1 saturated heterocycles. The molecule has 2 aliphatic rings. The second-order valence-electron chi connectivity index (χ2n) is 10.5. The molecule has 1 heterocycles. The fourth-order valence-corrected chi connectivity index (χ4v) is 5.20. The number of carbonyl (C=O) groups excluding carboxylic acids is 2. The summed E-state index contributed by atoms with van der Waals surface area (Å²) in [5.74, 6) is -1.52. The van der Waals surface area contributed by atoms with E-state index in [2.05, 4.69) is 10.6 Å². The summed E-state index contributed by atoms with van der Waals surface area (Å²) >= 11 is 0. The molecule has 36 heavy (non-hydrogen) atoms. The quantitative estimate of drug-likeness (QED) is 0.470. The highest BCUT2D eigenvalue weighted by molar-refractivity contribution is 5.99. The maximum Gasteiger partial charge on any atom is 0.251 e. The smallest absolute Gasteiger partial charge is 0.251 e. The number of guanidine groups is 1. The average Bonchev–Trinajstić information content (AvgIpc) is 3.03. The lowest BCUT2D eigenvalue weighted by Crippen LogP contribution is -2.60. The third-order valence-corrected chi connectivity index (χ3v) is 6.85. The van der Waals surface area contributed by atoms with Gasteiger partial charge >= 0.3 is 0 Å². The molecular weight excluding hydrogens is 463 g/mol. The van der Waals surface area contributed by atoms with Gasteiger partial charge in [0.15, 0.2) is 5.96 Å². The maximum atomic E-state index is 14.8. The van der Waals surface area contributed by atoms with E-state index < -0.39 is 34.9 Å². The van der Waals surface area contributed by atoms with Crippen LogP contribution in [0.15, 0.2) is 42.5 Å². The Hall–Kier alpha value is -3.30. The number of nitrogens with one attached hydrogen (secondary N) is 3. The molecule has 0 radical (unpaired) electrons. The second-order valence-corrected chi connectivity index (χ2v) is 10.5. The van der Waals surface area contributed by atoms with Gasteiger partial charge in [-0.1, -0.05) is 24.3 Å². The topological polar surface area (TPSA) is 115 Å². The van der Waals surface area contributed by atoms with Crippen LogP contribution in [0.5, 0.6) is 0 Å². The number of nitrogens with zero attached hydrogens (tertiary/aromatic N) is 1. The molecule has 2 aromatic carbocycles. The number of fused-ring (bicyclic) bond motifs is 1. The lowest BCUT2D eigenvalue weighted by Gasteiger charge is -2.42. The first-order valence-electron chi connectivity index (χ1n) is 12.0. The minimum absolute atomic E-state index is 0.0666. The van der Waals surface area contributed by atoms with Gasteiger partial charge in [0.05, 0.1) is 17.7 Å². The monoisotopic (exact) mass is 496 g/mol. The molecular formula is C27H33FN4O4. The Morgan fingerprint density at radius 3 is 2.69 bits per heavy atom. The number of halogens is 1. The fourth-order valence-electron chi connectivity index (χ4n) is 5.20. The van der Waals surface area contributed by atoms with Gasteiger partial charge < -0.3 is 20.5 Å². The fraction of sp³-hybridized carbons (Fsp3) is 0.444. The maximum absolute atomic E-state index is 14.8. The highest BCUT2D eigenvalue weighted by atomic mass is 19.1. The largest absolute Gasteiger partial charge is 0.387 e. The van der Waals surface area contributed by atoms with Crippen molar-refractivity contribution in [2.75, 3.05) is 13.7 Å². The first kappa shape index (κ1) is 25.8. The molecule has 8 nitrogen and oxygen atoms in total. The van der Waals surface area contributed by atoms with E-state index in [1.165, 1.54) is 24.1 Å². The van der Waals surface area contributed by atoms with Crippen LogP contribution in [0, 0.1) is 11.2 Å². The van der Waals surface area contributed by atoms with E-state index in [1.807, 2.05) is 38.1 Å². The predicted molar refractivity (Wildman–Crippen MR) is 133 cm³/mol. The molecule has 0 aromatic heterocycles. The van der Waals surface area contributed by atoms with Crippen LogP contribution in [0.1, 0.15) is 72.7 Å². The number of amides is 2. The van der Waals surface area contributed by atoms with Gasteiger partial charge in [0.2, 0.25) is 5.91 Å². The van der Waals surface area contributed by atoms with Crippen LogP contribution in [0.25, 0.3) is 0 Å². The van der Waals surface area contributed by atoms with Gasteiger partial charge in [-0.15, -0.1) is 0 Å². The van der Waals surface area contributed by atoms with Crippen molar-refractivity contribution < 1.29 is 23.8 Å². The number of aliphatic hydroxyl groups is 1. The standard InChI is InChI=1S/C27H33FN4O4/c1-26(2)15-22(33)32(25(29)31-26)21(9-10-36-4)17-11-18(13-19(28)12-17)24(34)30-23-20-8-6-5-7-16(20)14-27(23,3)35/h5-8,11-13,21,23,35H,9-10,14-15H2,1-4H3,(H2,29,31)(H,30,34)/t21-,23-,27?/m1/s1. The van der Waals surface area contributed by atoms with E-state index in [0.717, 1.165) is 17.2 Å². The molecule has 2 aromatic rings. The van der Waals surface area contributed by atoms with Gasteiger partial charge in [-0.2, -0.15) is 0 Å². The Balaban J connectivity index is 1.65. The van der Waals surface area contributed by atoms with Crippen molar-refractivity contribution in [1.29, 1.82) is 5.41 Å². The Bertz CT molecular complexity index is 1180. The van der Waals surface area contributed by atoms with Crippen molar-refractivity contribution in [2.45, 2.75) is 63.3 Å². The summed E-state index contributed by atoms with van der Waals surface area (Å²) in [6, 6.07) is 10.1. The zero-order valence-corrected chi connectivity index (χ0v) is 21.0. The van der Waals surface area contributed by atoms with E-state index in [1.54, 1.807) is 6.92 Å². The highest BCUT2D eigenvalue weighted by Gasteiger charge is 2.42. The third kappa shape index (κ3) is 5.12. The Labute approximate surface area is 210 Å². The van der Waals surface area contributed by atoms with E-state index in [0.29, 0.717) is 18.4 Å². The SMILES string of the molecule is COCC[C@H](c1cc(F)cc(C(=O)N[C@@H]2c3ccccc3CC2(C)O)c1)N1C(=N)NC(C)(C)CC1=O. The Morgan fingerprint density at radius 2 is 2.00 bits per heavy atom. The summed E-state index contributed by atoms with van der Waals surface area (Å²) in [5, 5.41) is 25.3. The van der Waals surface area contributed by atoms with Gasteiger partial charge in [-0.05, 0) is 62.1 Å². The zero-order chi connectivity index (χ0) is 26.3. The molecule has 0 saturated carbocycles. The molecule has 4 rings (SSSR count). The molecule has 1 aliphatic heterocycles. The van der Waals surface area contributed by atoms with E-state index in [9.17, 15) is 19.1 Å². The van der Waals surface area contributed by atoms with Gasteiger partial charge in [0.1, 0.15) is 5.82 Å². The number of rotatable bonds is 7. The van der Waals surface area contributed by atoms with Crippen molar-refractivity contribution >= 4 is 17.8 Å². The molecule has 192 valence electrons. The normalized spacial score (nSPS) is 23.7. The molecule has 4 N–H and O–H groups in total. The van der Waals surface area contributed by atoms with E-state index in [4.69, 9.17) is 10.1 Å². The molecule has 1 fully saturated rings. The molecule has 1 unspecified atom stereocenters. The van der Waals surface area contributed by atoms with Gasteiger partial charge in [-0.3, -0.25) is 19.9 Å². The highest BCUT2D eigenvalue weighted by Crippen LogP contribution is 2.39. The second kappa shape index (κ2) is 9.63. The summed E-state index contributed by atoms with van der Waals surface area (Å²) in [6.07, 6.45) is 0.865. The van der Waals surface area contributed by atoms with E-state index in [-0.39, 0.29) is 30.5 Å². The summed E-state index contributed by atoms with van der Waals surface area (Å²) in [7, 11) is 1.53. The molecule has 9 heteroatoms. The molecule has 0 spiro atoms. The van der Waals surface area contributed by atoms with Gasteiger partial charge in [0.25, 0.3) is 5.91 Å². The lowest BCUT2D eigenvalue weighted by molar-refractivity contribution is -0.132.